The predicted octanol–water partition coefficient (Wildman–Crippen LogP) is 3.71. The lowest BCUT2D eigenvalue weighted by Gasteiger charge is -2.08. The maximum Gasteiger partial charge on any atom is 0.0534 e. The lowest BCUT2D eigenvalue weighted by Crippen LogP contribution is -2.12. The second-order valence-electron chi connectivity index (χ2n) is 5.36. The minimum absolute atomic E-state index is 0. The number of halogens is 1. The van der Waals surface area contributed by atoms with Crippen molar-refractivity contribution in [3.63, 3.8) is 0 Å². The number of nitrogens with one attached hydrogen (secondary N) is 1. The molecule has 108 valence electrons. The van der Waals surface area contributed by atoms with Crippen molar-refractivity contribution >= 4 is 12.4 Å². The molecular weight excluding hydrogens is 270 g/mol. The van der Waals surface area contributed by atoms with Crippen LogP contribution in [0, 0.1) is 0 Å². The molecule has 1 saturated carbocycles. The van der Waals surface area contributed by atoms with Gasteiger partial charge in [0.2, 0.25) is 0 Å². The number of benzene rings is 1. The summed E-state index contributed by atoms with van der Waals surface area (Å²) in [6.07, 6.45) is 9.49. The van der Waals surface area contributed by atoms with Gasteiger partial charge in [-0.3, -0.25) is 4.68 Å². The predicted molar refractivity (Wildman–Crippen MR) is 84.0 cm³/mol. The van der Waals surface area contributed by atoms with E-state index in [0.717, 1.165) is 13.1 Å². The Bertz CT molecular complexity index is 503. The van der Waals surface area contributed by atoms with Gasteiger partial charge in [0.05, 0.1) is 12.2 Å². The van der Waals surface area contributed by atoms with Gasteiger partial charge in [-0.15, -0.1) is 12.4 Å². The molecule has 4 heteroatoms. The van der Waals surface area contributed by atoms with Crippen LogP contribution in [0.15, 0.2) is 42.7 Å². The molecule has 2 aromatic rings. The van der Waals surface area contributed by atoms with Gasteiger partial charge in [-0.05, 0) is 18.4 Å². The van der Waals surface area contributed by atoms with Gasteiger partial charge in [-0.1, -0.05) is 43.2 Å². The summed E-state index contributed by atoms with van der Waals surface area (Å²) < 4.78 is 2.16. The third-order valence-corrected chi connectivity index (χ3v) is 3.85. The first kappa shape index (κ1) is 15.1. The molecule has 1 aliphatic rings. The van der Waals surface area contributed by atoms with E-state index in [0.29, 0.717) is 6.04 Å². The molecule has 1 fully saturated rings. The maximum atomic E-state index is 4.50. The highest BCUT2D eigenvalue weighted by Crippen LogP contribution is 2.28. The first-order chi connectivity index (χ1) is 9.42. The molecule has 0 unspecified atom stereocenters. The molecule has 20 heavy (non-hydrogen) atoms. The van der Waals surface area contributed by atoms with Gasteiger partial charge in [0.15, 0.2) is 0 Å². The summed E-state index contributed by atoms with van der Waals surface area (Å²) >= 11 is 0. The van der Waals surface area contributed by atoms with Crippen LogP contribution in [0.25, 0.3) is 0 Å². The highest BCUT2D eigenvalue weighted by Gasteiger charge is 2.17. The second-order valence-corrected chi connectivity index (χ2v) is 5.36. The van der Waals surface area contributed by atoms with E-state index in [1.807, 2.05) is 6.20 Å². The molecule has 0 saturated heterocycles. The minimum atomic E-state index is 0. The zero-order chi connectivity index (χ0) is 12.9. The number of hydrogen-bond donors (Lipinski definition) is 1. The van der Waals surface area contributed by atoms with Gasteiger partial charge in [-0.2, -0.15) is 5.10 Å². The largest absolute Gasteiger partial charge is 0.309 e. The molecule has 0 aliphatic heterocycles. The number of nitrogens with zero attached hydrogens (tertiary/aromatic N) is 2. The monoisotopic (exact) mass is 291 g/mol. The van der Waals surface area contributed by atoms with Crippen molar-refractivity contribution in [1.29, 1.82) is 0 Å². The molecule has 1 N–H and O–H groups in total. The van der Waals surface area contributed by atoms with E-state index in [1.165, 1.54) is 36.8 Å². The fraction of sp³-hybridized carbons (Fsp3) is 0.438. The van der Waals surface area contributed by atoms with Gasteiger partial charge in [0.1, 0.15) is 0 Å². The van der Waals surface area contributed by atoms with E-state index in [9.17, 15) is 0 Å². The van der Waals surface area contributed by atoms with E-state index in [4.69, 9.17) is 0 Å². The average molecular weight is 292 g/mol. The summed E-state index contributed by atoms with van der Waals surface area (Å²) in [6.45, 7) is 1.80. The fourth-order valence-electron chi connectivity index (χ4n) is 2.78. The van der Waals surface area contributed by atoms with Crippen LogP contribution >= 0.6 is 12.4 Å². The molecule has 0 amide bonds. The molecular formula is C16H22ClN3. The van der Waals surface area contributed by atoms with E-state index >= 15 is 0 Å². The molecule has 1 aromatic heterocycles. The molecule has 1 aromatic carbocycles. The van der Waals surface area contributed by atoms with Gasteiger partial charge in [0.25, 0.3) is 0 Å². The quantitative estimate of drug-likeness (QED) is 0.910. The van der Waals surface area contributed by atoms with E-state index in [2.05, 4.69) is 51.6 Å². The van der Waals surface area contributed by atoms with E-state index in [1.54, 1.807) is 0 Å². The summed E-state index contributed by atoms with van der Waals surface area (Å²) in [4.78, 5) is 0. The summed E-state index contributed by atoms with van der Waals surface area (Å²) in [5.41, 5.74) is 2.61. The van der Waals surface area contributed by atoms with Crippen molar-refractivity contribution < 1.29 is 0 Å². The Kier molecular flexibility index (Phi) is 5.62. The Balaban J connectivity index is 0.00000147. The molecule has 0 bridgehead atoms. The summed E-state index contributed by atoms with van der Waals surface area (Å²) in [5, 5.41) is 7.97. The molecule has 1 aliphatic carbocycles. The van der Waals surface area contributed by atoms with Gasteiger partial charge in [0, 0.05) is 24.8 Å². The van der Waals surface area contributed by atoms with Crippen LogP contribution in [0.5, 0.6) is 0 Å². The van der Waals surface area contributed by atoms with E-state index in [-0.39, 0.29) is 12.4 Å². The maximum absolute atomic E-state index is 4.50. The first-order valence-corrected chi connectivity index (χ1v) is 7.19. The van der Waals surface area contributed by atoms with Crippen molar-refractivity contribution in [3.05, 3.63) is 53.9 Å². The number of aromatic nitrogens is 2. The Morgan fingerprint density at radius 2 is 1.75 bits per heavy atom. The van der Waals surface area contributed by atoms with Gasteiger partial charge in [-0.25, -0.2) is 0 Å². The zero-order valence-corrected chi connectivity index (χ0v) is 12.5. The Labute approximate surface area is 126 Å². The fourth-order valence-corrected chi connectivity index (χ4v) is 2.78. The van der Waals surface area contributed by atoms with Crippen LogP contribution in [0.1, 0.15) is 42.9 Å². The van der Waals surface area contributed by atoms with Crippen molar-refractivity contribution in [3.8, 4) is 0 Å². The topological polar surface area (TPSA) is 29.9 Å². The lowest BCUT2D eigenvalue weighted by atomic mass is 10.2. The Hall–Kier alpha value is -1.32. The SMILES string of the molecule is Cl.c1ccc(CNCc2cnn(C3CCCC3)c2)cc1. The molecule has 1 heterocycles. The van der Waals surface area contributed by atoms with Crippen molar-refractivity contribution in [2.24, 2.45) is 0 Å². The Morgan fingerprint density at radius 1 is 1.05 bits per heavy atom. The summed E-state index contributed by atoms with van der Waals surface area (Å²) in [7, 11) is 0. The van der Waals surface area contributed by atoms with Crippen molar-refractivity contribution in [1.82, 2.24) is 15.1 Å². The smallest absolute Gasteiger partial charge is 0.0534 e. The Morgan fingerprint density at radius 3 is 2.50 bits per heavy atom. The molecule has 3 nitrogen and oxygen atoms in total. The first-order valence-electron chi connectivity index (χ1n) is 7.19. The van der Waals surface area contributed by atoms with Crippen LogP contribution in [-0.2, 0) is 13.1 Å². The molecule has 0 atom stereocenters. The highest BCUT2D eigenvalue weighted by molar-refractivity contribution is 5.85. The van der Waals surface area contributed by atoms with Crippen LogP contribution < -0.4 is 5.32 Å². The number of hydrogen-bond acceptors (Lipinski definition) is 2. The second kappa shape index (κ2) is 7.46. The van der Waals surface area contributed by atoms with Gasteiger partial charge >= 0.3 is 0 Å². The zero-order valence-electron chi connectivity index (χ0n) is 11.7. The third-order valence-electron chi connectivity index (χ3n) is 3.85. The third kappa shape index (κ3) is 3.84. The summed E-state index contributed by atoms with van der Waals surface area (Å²) in [6, 6.07) is 11.1. The van der Waals surface area contributed by atoms with Crippen LogP contribution in [0.4, 0.5) is 0 Å². The molecule has 0 spiro atoms. The van der Waals surface area contributed by atoms with E-state index < -0.39 is 0 Å². The average Bonchev–Trinajstić information content (AvgIpc) is 3.10. The molecule has 3 rings (SSSR count). The normalized spacial score (nSPS) is 15.2. The standard InChI is InChI=1S/C16H21N3.ClH/c1-2-6-14(7-3-1)10-17-11-15-12-18-19(13-15)16-8-4-5-9-16;/h1-3,6-7,12-13,16-17H,4-5,8-11H2;1H. The number of rotatable bonds is 5. The van der Waals surface area contributed by atoms with Crippen LogP contribution in [0.3, 0.4) is 0 Å². The van der Waals surface area contributed by atoms with Crippen molar-refractivity contribution in [2.45, 2.75) is 44.8 Å². The van der Waals surface area contributed by atoms with Crippen LogP contribution in [0.2, 0.25) is 0 Å². The minimum Gasteiger partial charge on any atom is -0.309 e. The highest BCUT2D eigenvalue weighted by atomic mass is 35.5. The molecule has 0 radical (unpaired) electrons. The lowest BCUT2D eigenvalue weighted by molar-refractivity contribution is 0.466. The summed E-state index contributed by atoms with van der Waals surface area (Å²) in [5.74, 6) is 0. The van der Waals surface area contributed by atoms with Gasteiger partial charge < -0.3 is 5.32 Å². The van der Waals surface area contributed by atoms with Crippen molar-refractivity contribution in [2.75, 3.05) is 0 Å². The van der Waals surface area contributed by atoms with Crippen LogP contribution in [-0.4, -0.2) is 9.78 Å².